The van der Waals surface area contributed by atoms with Gasteiger partial charge in [0.15, 0.2) is 5.78 Å². The van der Waals surface area contributed by atoms with E-state index >= 15 is 0 Å². The summed E-state index contributed by atoms with van der Waals surface area (Å²) in [6.07, 6.45) is 20.4. The molecule has 1 rings (SSSR count). The molecule has 1 N–H and O–H groups in total. The summed E-state index contributed by atoms with van der Waals surface area (Å²) >= 11 is 0. The van der Waals surface area contributed by atoms with Crippen molar-refractivity contribution < 1.29 is 9.90 Å². The van der Waals surface area contributed by atoms with Gasteiger partial charge in [0.1, 0.15) is 5.75 Å². The Morgan fingerprint density at radius 2 is 1.17 bits per heavy atom. The maximum Gasteiger partial charge on any atom is 0.166 e. The van der Waals surface area contributed by atoms with Crippen molar-refractivity contribution in [3.8, 4) is 5.75 Å². The average Bonchev–Trinajstić information content (AvgIpc) is 2.70. The van der Waals surface area contributed by atoms with E-state index < -0.39 is 0 Å². The summed E-state index contributed by atoms with van der Waals surface area (Å²) in [4.78, 5) is 12.5. The van der Waals surface area contributed by atoms with Crippen molar-refractivity contribution in [3.63, 3.8) is 0 Å². The van der Waals surface area contributed by atoms with Crippen LogP contribution in [-0.4, -0.2) is 10.9 Å². The third kappa shape index (κ3) is 11.8. The lowest BCUT2D eigenvalue weighted by atomic mass is 9.85. The smallest absolute Gasteiger partial charge is 0.166 e. The molecule has 0 aliphatic rings. The fraction of sp³-hybridized carbons (Fsp3) is 0.750. The molecule has 1 aromatic carbocycles. The molecular formula is C28H48O2. The summed E-state index contributed by atoms with van der Waals surface area (Å²) in [5.74, 6) is 0.197. The number of ketones is 1. The van der Waals surface area contributed by atoms with Gasteiger partial charge in [0.2, 0.25) is 0 Å². The van der Waals surface area contributed by atoms with Gasteiger partial charge in [-0.1, -0.05) is 124 Å². The van der Waals surface area contributed by atoms with Gasteiger partial charge in [-0.25, -0.2) is 0 Å². The van der Waals surface area contributed by atoms with Gasteiger partial charge < -0.3 is 5.11 Å². The minimum absolute atomic E-state index is 0.0165. The molecule has 0 unspecified atom stereocenters. The van der Waals surface area contributed by atoms with E-state index in [1.165, 1.54) is 83.5 Å². The van der Waals surface area contributed by atoms with E-state index in [0.717, 1.165) is 18.4 Å². The van der Waals surface area contributed by atoms with Crippen molar-refractivity contribution in [3.05, 3.63) is 29.3 Å². The number of benzene rings is 1. The predicted molar refractivity (Wildman–Crippen MR) is 131 cm³/mol. The standard InChI is InChI=1S/C28H48O2/c1-5-6-7-8-9-10-11-12-13-14-15-16-17-18-19-20-26(29)25-23-24(28(2,3)4)21-22-27(25)30/h21-23,30H,5-20H2,1-4H3. The Balaban J connectivity index is 2.04. The highest BCUT2D eigenvalue weighted by atomic mass is 16.3. The highest BCUT2D eigenvalue weighted by Gasteiger charge is 2.18. The molecule has 0 fully saturated rings. The lowest BCUT2D eigenvalue weighted by Gasteiger charge is -2.20. The molecule has 0 bridgehead atoms. The predicted octanol–water partition coefficient (Wildman–Crippen LogP) is 9.13. The van der Waals surface area contributed by atoms with E-state index in [4.69, 9.17) is 0 Å². The molecule has 2 heteroatoms. The topological polar surface area (TPSA) is 37.3 Å². The van der Waals surface area contributed by atoms with Crippen LogP contribution in [0.2, 0.25) is 0 Å². The van der Waals surface area contributed by atoms with Crippen LogP contribution in [0.25, 0.3) is 0 Å². The lowest BCUT2D eigenvalue weighted by Crippen LogP contribution is -2.12. The number of carbonyl (C=O) groups excluding carboxylic acids is 1. The molecule has 0 amide bonds. The molecule has 0 heterocycles. The van der Waals surface area contributed by atoms with E-state index in [0.29, 0.717) is 12.0 Å². The van der Waals surface area contributed by atoms with Crippen LogP contribution in [-0.2, 0) is 5.41 Å². The second kappa shape index (κ2) is 15.5. The molecule has 0 spiro atoms. The van der Waals surface area contributed by atoms with Gasteiger partial charge >= 0.3 is 0 Å². The number of unbranched alkanes of at least 4 members (excludes halogenated alkanes) is 14. The molecule has 0 aliphatic heterocycles. The van der Waals surface area contributed by atoms with Gasteiger partial charge in [-0.3, -0.25) is 4.79 Å². The molecular weight excluding hydrogens is 368 g/mol. The molecule has 1 aromatic rings. The largest absolute Gasteiger partial charge is 0.507 e. The lowest BCUT2D eigenvalue weighted by molar-refractivity contribution is 0.0976. The summed E-state index contributed by atoms with van der Waals surface area (Å²) in [7, 11) is 0. The van der Waals surface area contributed by atoms with Crippen molar-refractivity contribution in [2.45, 2.75) is 136 Å². The summed E-state index contributed by atoms with van der Waals surface area (Å²) in [5.41, 5.74) is 1.57. The van der Waals surface area contributed by atoms with E-state index in [1.54, 1.807) is 6.07 Å². The third-order valence-corrected chi connectivity index (χ3v) is 6.17. The Hall–Kier alpha value is -1.31. The zero-order valence-electron chi connectivity index (χ0n) is 20.4. The number of rotatable bonds is 17. The molecule has 2 nitrogen and oxygen atoms in total. The van der Waals surface area contributed by atoms with Crippen LogP contribution in [0, 0.1) is 0 Å². The Morgan fingerprint density at radius 1 is 0.733 bits per heavy atom. The van der Waals surface area contributed by atoms with Gasteiger partial charge in [0, 0.05) is 6.42 Å². The number of hydrogen-bond acceptors (Lipinski definition) is 2. The summed E-state index contributed by atoms with van der Waals surface area (Å²) < 4.78 is 0. The summed E-state index contributed by atoms with van der Waals surface area (Å²) in [6, 6.07) is 5.46. The van der Waals surface area contributed by atoms with E-state index in [2.05, 4.69) is 27.7 Å². The Morgan fingerprint density at radius 3 is 1.60 bits per heavy atom. The summed E-state index contributed by atoms with van der Waals surface area (Å²) in [6.45, 7) is 8.66. The highest BCUT2D eigenvalue weighted by molar-refractivity contribution is 5.98. The van der Waals surface area contributed by atoms with Crippen molar-refractivity contribution in [1.29, 1.82) is 0 Å². The Kier molecular flexibility index (Phi) is 13.8. The molecule has 0 atom stereocenters. The van der Waals surface area contributed by atoms with Gasteiger partial charge in [-0.2, -0.15) is 0 Å². The van der Waals surface area contributed by atoms with E-state index in [1.807, 2.05) is 12.1 Å². The first-order chi connectivity index (χ1) is 14.4. The van der Waals surface area contributed by atoms with Gasteiger partial charge in [0.25, 0.3) is 0 Å². The minimum atomic E-state index is -0.0165. The summed E-state index contributed by atoms with van der Waals surface area (Å²) in [5, 5.41) is 10.1. The maximum absolute atomic E-state index is 12.5. The van der Waals surface area contributed by atoms with Crippen LogP contribution < -0.4 is 0 Å². The van der Waals surface area contributed by atoms with Gasteiger partial charge in [-0.15, -0.1) is 0 Å². The first-order valence-electron chi connectivity index (χ1n) is 12.7. The number of phenols is 1. The average molecular weight is 417 g/mol. The molecule has 0 aromatic heterocycles. The molecule has 0 saturated heterocycles. The Bertz CT molecular complexity index is 583. The van der Waals surface area contributed by atoms with Crippen molar-refractivity contribution in [2.24, 2.45) is 0 Å². The number of Topliss-reactive ketones (excluding diaryl/α,β-unsaturated/α-hetero) is 1. The monoisotopic (exact) mass is 416 g/mol. The number of carbonyl (C=O) groups is 1. The quantitative estimate of drug-likeness (QED) is 0.203. The van der Waals surface area contributed by atoms with Crippen molar-refractivity contribution >= 4 is 5.78 Å². The first kappa shape index (κ1) is 26.7. The fourth-order valence-corrected chi connectivity index (χ4v) is 4.02. The number of hydrogen-bond donors (Lipinski definition) is 1. The van der Waals surface area contributed by atoms with Crippen LogP contribution in [0.4, 0.5) is 0 Å². The minimum Gasteiger partial charge on any atom is -0.507 e. The van der Waals surface area contributed by atoms with Gasteiger partial charge in [-0.05, 0) is 29.5 Å². The zero-order chi connectivity index (χ0) is 22.2. The molecule has 172 valence electrons. The number of aromatic hydroxyl groups is 1. The van der Waals surface area contributed by atoms with Crippen LogP contribution >= 0.6 is 0 Å². The normalized spacial score (nSPS) is 11.7. The zero-order valence-corrected chi connectivity index (χ0v) is 20.4. The van der Waals surface area contributed by atoms with Crippen molar-refractivity contribution in [1.82, 2.24) is 0 Å². The Labute approximate surface area is 186 Å². The van der Waals surface area contributed by atoms with Crippen LogP contribution in [0.15, 0.2) is 18.2 Å². The van der Waals surface area contributed by atoms with Gasteiger partial charge in [0.05, 0.1) is 5.56 Å². The van der Waals surface area contributed by atoms with E-state index in [9.17, 15) is 9.90 Å². The number of phenolic OH excluding ortho intramolecular Hbond substituents is 1. The molecule has 0 radical (unpaired) electrons. The van der Waals surface area contributed by atoms with Crippen LogP contribution in [0.1, 0.15) is 146 Å². The fourth-order valence-electron chi connectivity index (χ4n) is 4.02. The highest BCUT2D eigenvalue weighted by Crippen LogP contribution is 2.28. The first-order valence-corrected chi connectivity index (χ1v) is 12.7. The molecule has 30 heavy (non-hydrogen) atoms. The maximum atomic E-state index is 12.5. The molecule has 0 aliphatic carbocycles. The molecule has 0 saturated carbocycles. The van der Waals surface area contributed by atoms with Crippen LogP contribution in [0.3, 0.4) is 0 Å². The van der Waals surface area contributed by atoms with Crippen molar-refractivity contribution in [2.75, 3.05) is 0 Å². The SMILES string of the molecule is CCCCCCCCCCCCCCCCCC(=O)c1cc(C(C)(C)C)ccc1O. The second-order valence-electron chi connectivity index (χ2n) is 10.1. The second-order valence-corrected chi connectivity index (χ2v) is 10.1. The van der Waals surface area contributed by atoms with E-state index in [-0.39, 0.29) is 16.9 Å². The third-order valence-electron chi connectivity index (χ3n) is 6.17. The van der Waals surface area contributed by atoms with Crippen LogP contribution in [0.5, 0.6) is 5.75 Å².